The van der Waals surface area contributed by atoms with Gasteiger partial charge in [0.1, 0.15) is 12.5 Å². The molecule has 26 heavy (non-hydrogen) atoms. The molecule has 1 saturated heterocycles. The van der Waals surface area contributed by atoms with E-state index in [1.807, 2.05) is 17.9 Å². The van der Waals surface area contributed by atoms with Gasteiger partial charge in [0.15, 0.2) is 0 Å². The van der Waals surface area contributed by atoms with Gasteiger partial charge in [0.05, 0.1) is 5.56 Å². The average molecular weight is 373 g/mol. The van der Waals surface area contributed by atoms with Crippen LogP contribution in [0, 0.1) is 0 Å². The van der Waals surface area contributed by atoms with Crippen LogP contribution in [0.2, 0.25) is 0 Å². The minimum atomic E-state index is -4.54. The Morgan fingerprint density at radius 2 is 1.88 bits per heavy atom. The second kappa shape index (κ2) is 8.91. The van der Waals surface area contributed by atoms with Gasteiger partial charge >= 0.3 is 6.18 Å². The minimum Gasteiger partial charge on any atom is -0.355 e. The van der Waals surface area contributed by atoms with Gasteiger partial charge < -0.3 is 15.1 Å². The molecule has 1 amide bonds. The molecule has 1 aliphatic rings. The number of nitrogens with zero attached hydrogens (tertiary/aromatic N) is 2. The molecule has 0 spiro atoms. The van der Waals surface area contributed by atoms with Crippen LogP contribution in [-0.2, 0) is 17.6 Å². The predicted molar refractivity (Wildman–Crippen MR) is 92.1 cm³/mol. The molecule has 0 atom stereocenters. The monoisotopic (exact) mass is 373 g/mol. The normalized spacial score (nSPS) is 16.0. The first-order valence-electron chi connectivity index (χ1n) is 8.56. The summed E-state index contributed by atoms with van der Waals surface area (Å²) in [6.07, 6.45) is -0.181. The number of carbonyl (C=O) groups excluding carboxylic acids is 1. The second-order valence-electron chi connectivity index (χ2n) is 6.18. The number of unbranched alkanes of at least 4 members (excludes halogenated alkanes) is 1. The quantitative estimate of drug-likeness (QED) is 0.580. The standard InChI is InChI=1S/C18H23F4N3O/c1-2-3-4-17(25-7-5-24(13-26)6-8-25)23-16-10-14(12-19)9-15(11-16)18(20,21)22/h4,9-11,13,23H,2-3,5-8,12H2,1H3/b17-4-. The molecule has 8 heteroatoms. The number of hydrogen-bond acceptors (Lipinski definition) is 3. The molecule has 2 rings (SSSR count). The van der Waals surface area contributed by atoms with Gasteiger partial charge in [0.25, 0.3) is 0 Å². The number of nitrogens with one attached hydrogen (secondary N) is 1. The third kappa shape index (κ3) is 5.37. The lowest BCUT2D eigenvalue weighted by atomic mass is 10.1. The molecule has 0 saturated carbocycles. The Morgan fingerprint density at radius 3 is 2.42 bits per heavy atom. The van der Waals surface area contributed by atoms with Gasteiger partial charge in [-0.05, 0) is 36.3 Å². The number of halogens is 4. The number of allylic oxidation sites excluding steroid dienone is 1. The summed E-state index contributed by atoms with van der Waals surface area (Å²) in [5, 5.41) is 3.02. The van der Waals surface area contributed by atoms with Gasteiger partial charge in [-0.3, -0.25) is 4.79 Å². The first-order valence-corrected chi connectivity index (χ1v) is 8.56. The minimum absolute atomic E-state index is 0.0251. The summed E-state index contributed by atoms with van der Waals surface area (Å²) in [4.78, 5) is 14.5. The van der Waals surface area contributed by atoms with Crippen molar-refractivity contribution in [1.82, 2.24) is 9.80 Å². The molecule has 1 aromatic carbocycles. The topological polar surface area (TPSA) is 35.6 Å². The molecule has 1 heterocycles. The van der Waals surface area contributed by atoms with Crippen molar-refractivity contribution in [1.29, 1.82) is 0 Å². The number of hydrogen-bond donors (Lipinski definition) is 1. The fourth-order valence-corrected chi connectivity index (χ4v) is 2.76. The van der Waals surface area contributed by atoms with Crippen LogP contribution in [-0.4, -0.2) is 42.4 Å². The molecule has 1 aromatic rings. The van der Waals surface area contributed by atoms with E-state index in [0.29, 0.717) is 32.0 Å². The van der Waals surface area contributed by atoms with Gasteiger partial charge in [-0.25, -0.2) is 4.39 Å². The van der Waals surface area contributed by atoms with Crippen molar-refractivity contribution in [2.24, 2.45) is 0 Å². The Hall–Kier alpha value is -2.25. The van der Waals surface area contributed by atoms with Gasteiger partial charge in [0, 0.05) is 31.9 Å². The summed E-state index contributed by atoms with van der Waals surface area (Å²) in [5.74, 6) is 0.682. The molecular formula is C18H23F4N3O. The number of amides is 1. The van der Waals surface area contributed by atoms with Crippen molar-refractivity contribution in [2.45, 2.75) is 32.6 Å². The molecule has 0 aromatic heterocycles. The van der Waals surface area contributed by atoms with E-state index in [4.69, 9.17) is 0 Å². The zero-order valence-electron chi connectivity index (χ0n) is 14.7. The Labute approximate surface area is 150 Å². The van der Waals surface area contributed by atoms with Crippen LogP contribution < -0.4 is 5.32 Å². The van der Waals surface area contributed by atoms with Crippen molar-refractivity contribution < 1.29 is 22.4 Å². The smallest absolute Gasteiger partial charge is 0.355 e. The van der Waals surface area contributed by atoms with E-state index < -0.39 is 18.4 Å². The molecular weight excluding hydrogens is 350 g/mol. The van der Waals surface area contributed by atoms with Crippen LogP contribution in [0.5, 0.6) is 0 Å². The van der Waals surface area contributed by atoms with E-state index in [9.17, 15) is 22.4 Å². The molecule has 0 radical (unpaired) electrons. The first kappa shape index (κ1) is 20.1. The number of benzene rings is 1. The lowest BCUT2D eigenvalue weighted by molar-refractivity contribution is -0.137. The maximum absolute atomic E-state index is 13.0. The van der Waals surface area contributed by atoms with E-state index in [1.165, 1.54) is 6.07 Å². The number of rotatable bonds is 7. The lowest BCUT2D eigenvalue weighted by Crippen LogP contribution is -2.46. The van der Waals surface area contributed by atoms with E-state index in [-0.39, 0.29) is 11.3 Å². The fourth-order valence-electron chi connectivity index (χ4n) is 2.76. The predicted octanol–water partition coefficient (Wildman–Crippen LogP) is 4.00. The van der Waals surface area contributed by atoms with Gasteiger partial charge in [0.2, 0.25) is 6.41 Å². The van der Waals surface area contributed by atoms with Crippen LogP contribution in [0.3, 0.4) is 0 Å². The molecule has 4 nitrogen and oxygen atoms in total. The van der Waals surface area contributed by atoms with Crippen molar-refractivity contribution in [3.63, 3.8) is 0 Å². The van der Waals surface area contributed by atoms with Crippen LogP contribution in [0.1, 0.15) is 30.9 Å². The van der Waals surface area contributed by atoms with E-state index in [0.717, 1.165) is 31.4 Å². The Bertz CT molecular complexity index is 638. The zero-order valence-corrected chi connectivity index (χ0v) is 14.7. The summed E-state index contributed by atoms with van der Waals surface area (Å²) in [6, 6.07) is 3.20. The van der Waals surface area contributed by atoms with Gasteiger partial charge in [-0.2, -0.15) is 13.2 Å². The van der Waals surface area contributed by atoms with Crippen LogP contribution in [0.15, 0.2) is 30.1 Å². The van der Waals surface area contributed by atoms with Crippen LogP contribution in [0.4, 0.5) is 23.2 Å². The van der Waals surface area contributed by atoms with E-state index in [1.54, 1.807) is 4.90 Å². The van der Waals surface area contributed by atoms with Crippen LogP contribution in [0.25, 0.3) is 0 Å². The largest absolute Gasteiger partial charge is 0.416 e. The molecule has 144 valence electrons. The highest BCUT2D eigenvalue weighted by atomic mass is 19.4. The average Bonchev–Trinajstić information content (AvgIpc) is 2.64. The van der Waals surface area contributed by atoms with Crippen molar-refractivity contribution in [2.75, 3.05) is 31.5 Å². The number of anilines is 1. The molecule has 1 fully saturated rings. The summed E-state index contributed by atoms with van der Waals surface area (Å²) in [6.45, 7) is 3.29. The maximum atomic E-state index is 13.0. The van der Waals surface area contributed by atoms with Crippen molar-refractivity contribution in [3.8, 4) is 0 Å². The highest BCUT2D eigenvalue weighted by Gasteiger charge is 2.31. The highest BCUT2D eigenvalue weighted by molar-refractivity contribution is 5.53. The molecule has 1 aliphatic heterocycles. The fraction of sp³-hybridized carbons (Fsp3) is 0.500. The first-order chi connectivity index (χ1) is 12.4. The zero-order chi connectivity index (χ0) is 19.2. The molecule has 0 bridgehead atoms. The van der Waals surface area contributed by atoms with E-state index >= 15 is 0 Å². The third-order valence-electron chi connectivity index (χ3n) is 4.18. The maximum Gasteiger partial charge on any atom is 0.416 e. The molecule has 0 unspecified atom stereocenters. The number of alkyl halides is 4. The molecule has 1 N–H and O–H groups in total. The second-order valence-corrected chi connectivity index (χ2v) is 6.18. The summed E-state index contributed by atoms with van der Waals surface area (Å²) < 4.78 is 52.1. The molecule has 0 aliphatic carbocycles. The van der Waals surface area contributed by atoms with Gasteiger partial charge in [-0.15, -0.1) is 0 Å². The number of carbonyl (C=O) groups is 1. The summed E-state index contributed by atoms with van der Waals surface area (Å²) in [7, 11) is 0. The van der Waals surface area contributed by atoms with E-state index in [2.05, 4.69) is 5.32 Å². The Morgan fingerprint density at radius 1 is 1.19 bits per heavy atom. The van der Waals surface area contributed by atoms with Crippen molar-refractivity contribution >= 4 is 12.1 Å². The number of piperazine rings is 1. The highest BCUT2D eigenvalue weighted by Crippen LogP contribution is 2.32. The van der Waals surface area contributed by atoms with Crippen molar-refractivity contribution in [3.05, 3.63) is 41.2 Å². The lowest BCUT2D eigenvalue weighted by Gasteiger charge is -2.36. The SMILES string of the molecule is CCC/C=C(/Nc1cc(CF)cc(C(F)(F)F)c1)N1CCN(C=O)CC1. The third-order valence-corrected chi connectivity index (χ3v) is 4.18. The summed E-state index contributed by atoms with van der Waals surface area (Å²) >= 11 is 0. The van der Waals surface area contributed by atoms with Crippen LogP contribution >= 0.6 is 0 Å². The summed E-state index contributed by atoms with van der Waals surface area (Å²) in [5.41, 5.74) is -0.702. The van der Waals surface area contributed by atoms with Gasteiger partial charge in [-0.1, -0.05) is 13.3 Å². The Kier molecular flexibility index (Phi) is 6.88. The Balaban J connectivity index is 2.24.